The average Bonchev–Trinajstić information content (AvgIpc) is 2.29. The predicted octanol–water partition coefficient (Wildman–Crippen LogP) is 1.84. The van der Waals surface area contributed by atoms with Crippen LogP contribution in [0.2, 0.25) is 0 Å². The van der Waals surface area contributed by atoms with Gasteiger partial charge in [0, 0.05) is 6.54 Å². The Labute approximate surface area is 104 Å². The fourth-order valence-electron chi connectivity index (χ4n) is 1.64. The number of aliphatic hydroxyl groups excluding tert-OH is 1. The number of aliphatic hydroxyl groups is 1. The fourth-order valence-corrected chi connectivity index (χ4v) is 1.64. The molecule has 3 nitrogen and oxygen atoms in total. The van der Waals surface area contributed by atoms with Crippen LogP contribution in [0.25, 0.3) is 0 Å². The Hall–Kier alpha value is -1.06. The molecular weight excluding hydrogens is 214 g/mol. The molecular formula is C14H23NO2. The van der Waals surface area contributed by atoms with Crippen LogP contribution in [0, 0.1) is 5.92 Å². The van der Waals surface area contributed by atoms with E-state index < -0.39 is 0 Å². The van der Waals surface area contributed by atoms with Gasteiger partial charge in [-0.15, -0.1) is 0 Å². The van der Waals surface area contributed by atoms with Gasteiger partial charge >= 0.3 is 0 Å². The molecule has 0 amide bonds. The summed E-state index contributed by atoms with van der Waals surface area (Å²) >= 11 is 0. The lowest BCUT2D eigenvalue weighted by Gasteiger charge is -2.13. The van der Waals surface area contributed by atoms with Crippen molar-refractivity contribution in [1.82, 2.24) is 5.32 Å². The predicted molar refractivity (Wildman–Crippen MR) is 70.4 cm³/mol. The van der Waals surface area contributed by atoms with Crippen LogP contribution in [0.3, 0.4) is 0 Å². The molecule has 0 saturated heterocycles. The molecule has 1 atom stereocenters. The third-order valence-electron chi connectivity index (χ3n) is 2.56. The average molecular weight is 237 g/mol. The zero-order valence-electron chi connectivity index (χ0n) is 10.9. The van der Waals surface area contributed by atoms with Gasteiger partial charge in [0.15, 0.2) is 0 Å². The zero-order chi connectivity index (χ0) is 12.7. The van der Waals surface area contributed by atoms with Gasteiger partial charge < -0.3 is 15.2 Å². The lowest BCUT2D eigenvalue weighted by atomic mass is 10.1. The third-order valence-corrected chi connectivity index (χ3v) is 2.56. The molecule has 0 unspecified atom stereocenters. The van der Waals surface area contributed by atoms with Crippen molar-refractivity contribution in [1.29, 1.82) is 0 Å². The molecule has 3 heteroatoms. The van der Waals surface area contributed by atoms with Crippen LogP contribution >= 0.6 is 0 Å². The second kappa shape index (κ2) is 7.30. The van der Waals surface area contributed by atoms with Crippen molar-refractivity contribution in [2.75, 3.05) is 20.2 Å². The molecule has 0 saturated carbocycles. The molecule has 0 radical (unpaired) electrons. The minimum atomic E-state index is -0.331. The molecule has 1 aromatic carbocycles. The molecule has 0 aliphatic carbocycles. The van der Waals surface area contributed by atoms with Crippen LogP contribution in [0.1, 0.15) is 19.4 Å². The van der Waals surface area contributed by atoms with Gasteiger partial charge in [-0.25, -0.2) is 0 Å². The summed E-state index contributed by atoms with van der Waals surface area (Å²) in [6.07, 6.45) is 0.344. The molecule has 0 aliphatic rings. The third kappa shape index (κ3) is 5.71. The first-order valence-electron chi connectivity index (χ1n) is 6.13. The number of ether oxygens (including phenoxy) is 1. The van der Waals surface area contributed by atoms with E-state index in [1.54, 1.807) is 7.11 Å². The van der Waals surface area contributed by atoms with E-state index in [2.05, 4.69) is 19.2 Å². The minimum absolute atomic E-state index is 0.331. The number of methoxy groups -OCH3 is 1. The Kier molecular flexibility index (Phi) is 6.01. The maximum absolute atomic E-state index is 9.85. The van der Waals surface area contributed by atoms with Crippen molar-refractivity contribution in [3.05, 3.63) is 29.8 Å². The molecule has 2 N–H and O–H groups in total. The fraction of sp³-hybridized carbons (Fsp3) is 0.571. The summed E-state index contributed by atoms with van der Waals surface area (Å²) in [5.41, 5.74) is 1.13. The first-order chi connectivity index (χ1) is 8.11. The Bertz CT molecular complexity index is 309. The van der Waals surface area contributed by atoms with E-state index >= 15 is 0 Å². The van der Waals surface area contributed by atoms with Gasteiger partial charge in [-0.2, -0.15) is 0 Å². The first kappa shape index (κ1) is 14.0. The van der Waals surface area contributed by atoms with E-state index in [4.69, 9.17) is 4.74 Å². The Morgan fingerprint density at radius 3 is 2.35 bits per heavy atom. The zero-order valence-corrected chi connectivity index (χ0v) is 10.9. The molecule has 1 aromatic rings. The largest absolute Gasteiger partial charge is 0.497 e. The van der Waals surface area contributed by atoms with Gasteiger partial charge in [-0.1, -0.05) is 26.0 Å². The summed E-state index contributed by atoms with van der Waals surface area (Å²) < 4.78 is 5.09. The van der Waals surface area contributed by atoms with E-state index in [-0.39, 0.29) is 6.10 Å². The van der Waals surface area contributed by atoms with Gasteiger partial charge in [0.25, 0.3) is 0 Å². The summed E-state index contributed by atoms with van der Waals surface area (Å²) in [6.45, 7) is 5.90. The highest BCUT2D eigenvalue weighted by atomic mass is 16.5. The molecule has 0 aliphatic heterocycles. The summed E-state index contributed by atoms with van der Waals surface area (Å²) in [7, 11) is 1.65. The normalized spacial score (nSPS) is 12.8. The van der Waals surface area contributed by atoms with Crippen LogP contribution < -0.4 is 10.1 Å². The highest BCUT2D eigenvalue weighted by Gasteiger charge is 2.05. The van der Waals surface area contributed by atoms with Crippen molar-refractivity contribution in [2.45, 2.75) is 26.4 Å². The molecule has 96 valence electrons. The maximum Gasteiger partial charge on any atom is 0.118 e. The van der Waals surface area contributed by atoms with Gasteiger partial charge in [-0.05, 0) is 36.6 Å². The standard InChI is InChI=1S/C14H23NO2/c1-11(2)9-15-10-13(16)8-12-4-6-14(17-3)7-5-12/h4-7,11,13,15-16H,8-10H2,1-3H3/t13-/m0/s1. The summed E-state index contributed by atoms with van der Waals surface area (Å²) in [4.78, 5) is 0. The molecule has 0 spiro atoms. The highest BCUT2D eigenvalue weighted by molar-refractivity contribution is 5.27. The van der Waals surface area contributed by atoms with Gasteiger partial charge in [0.05, 0.1) is 13.2 Å². The van der Waals surface area contributed by atoms with E-state index in [0.717, 1.165) is 17.9 Å². The van der Waals surface area contributed by atoms with Crippen molar-refractivity contribution < 1.29 is 9.84 Å². The monoisotopic (exact) mass is 237 g/mol. The SMILES string of the molecule is COc1ccc(C[C@H](O)CNCC(C)C)cc1. The van der Waals surface area contributed by atoms with Crippen molar-refractivity contribution >= 4 is 0 Å². The highest BCUT2D eigenvalue weighted by Crippen LogP contribution is 2.12. The summed E-state index contributed by atoms with van der Waals surface area (Å²) in [5, 5.41) is 13.1. The Morgan fingerprint density at radius 1 is 1.18 bits per heavy atom. The van der Waals surface area contributed by atoms with Gasteiger partial charge in [-0.3, -0.25) is 0 Å². The van der Waals surface area contributed by atoms with Crippen molar-refractivity contribution in [2.24, 2.45) is 5.92 Å². The maximum atomic E-state index is 9.85. The molecule has 0 fully saturated rings. The van der Waals surface area contributed by atoms with E-state index in [0.29, 0.717) is 18.9 Å². The van der Waals surface area contributed by atoms with Crippen LogP contribution in [-0.2, 0) is 6.42 Å². The summed E-state index contributed by atoms with van der Waals surface area (Å²) in [5.74, 6) is 1.46. The topological polar surface area (TPSA) is 41.5 Å². The summed E-state index contributed by atoms with van der Waals surface area (Å²) in [6, 6.07) is 7.82. The lowest BCUT2D eigenvalue weighted by Crippen LogP contribution is -2.30. The minimum Gasteiger partial charge on any atom is -0.497 e. The van der Waals surface area contributed by atoms with Crippen LogP contribution in [-0.4, -0.2) is 31.4 Å². The molecule has 17 heavy (non-hydrogen) atoms. The second-order valence-electron chi connectivity index (χ2n) is 4.76. The van der Waals surface area contributed by atoms with E-state index in [9.17, 15) is 5.11 Å². The number of rotatable bonds is 7. The number of hydrogen-bond donors (Lipinski definition) is 2. The first-order valence-corrected chi connectivity index (χ1v) is 6.13. The lowest BCUT2D eigenvalue weighted by molar-refractivity contribution is 0.170. The van der Waals surface area contributed by atoms with E-state index in [1.807, 2.05) is 24.3 Å². The molecule has 0 aromatic heterocycles. The van der Waals surface area contributed by atoms with Crippen molar-refractivity contribution in [3.8, 4) is 5.75 Å². The second-order valence-corrected chi connectivity index (χ2v) is 4.76. The quantitative estimate of drug-likeness (QED) is 0.760. The number of benzene rings is 1. The van der Waals surface area contributed by atoms with Crippen LogP contribution in [0.5, 0.6) is 5.75 Å². The smallest absolute Gasteiger partial charge is 0.118 e. The van der Waals surface area contributed by atoms with Crippen molar-refractivity contribution in [3.63, 3.8) is 0 Å². The molecule has 0 heterocycles. The number of hydrogen-bond acceptors (Lipinski definition) is 3. The van der Waals surface area contributed by atoms with Gasteiger partial charge in [0.1, 0.15) is 5.75 Å². The van der Waals surface area contributed by atoms with Gasteiger partial charge in [0.2, 0.25) is 0 Å². The van der Waals surface area contributed by atoms with Crippen LogP contribution in [0.15, 0.2) is 24.3 Å². The Morgan fingerprint density at radius 2 is 1.82 bits per heavy atom. The molecule has 1 rings (SSSR count). The molecule has 0 bridgehead atoms. The number of nitrogens with one attached hydrogen (secondary N) is 1. The Balaban J connectivity index is 2.31. The van der Waals surface area contributed by atoms with Crippen LogP contribution in [0.4, 0.5) is 0 Å². The van der Waals surface area contributed by atoms with E-state index in [1.165, 1.54) is 0 Å².